The summed E-state index contributed by atoms with van der Waals surface area (Å²) in [4.78, 5) is 14.5. The predicted octanol–water partition coefficient (Wildman–Crippen LogP) is 2.66. The molecule has 0 aliphatic carbocycles. The van der Waals surface area contributed by atoms with Crippen molar-refractivity contribution < 1.29 is 14.3 Å². The van der Waals surface area contributed by atoms with E-state index in [2.05, 4.69) is 10.3 Å². The fourth-order valence-corrected chi connectivity index (χ4v) is 1.35. The van der Waals surface area contributed by atoms with Crippen molar-refractivity contribution >= 4 is 17.5 Å². The van der Waals surface area contributed by atoms with Crippen LogP contribution in [0.3, 0.4) is 0 Å². The number of anilines is 2. The lowest BCUT2D eigenvalue weighted by atomic mass is 10.2. The Bertz CT molecular complexity index is 543. The van der Waals surface area contributed by atoms with Crippen molar-refractivity contribution in [2.45, 2.75) is 0 Å². The summed E-state index contributed by atoms with van der Waals surface area (Å²) in [6.45, 7) is 0. The molecule has 0 bridgehead atoms. The quantitative estimate of drug-likeness (QED) is 0.853. The van der Waals surface area contributed by atoms with E-state index in [0.29, 0.717) is 5.69 Å². The summed E-state index contributed by atoms with van der Waals surface area (Å²) in [7, 11) is 0. The molecule has 17 heavy (non-hydrogen) atoms. The Morgan fingerprint density at radius 3 is 2.59 bits per heavy atom. The van der Waals surface area contributed by atoms with Gasteiger partial charge >= 0.3 is 5.97 Å². The van der Waals surface area contributed by atoms with Gasteiger partial charge in [-0.3, -0.25) is 0 Å². The lowest BCUT2D eigenvalue weighted by Crippen LogP contribution is -2.05. The number of aromatic nitrogens is 1. The van der Waals surface area contributed by atoms with E-state index in [1.165, 1.54) is 6.20 Å². The van der Waals surface area contributed by atoms with E-state index < -0.39 is 17.3 Å². The van der Waals surface area contributed by atoms with Crippen LogP contribution in [0.2, 0.25) is 0 Å². The molecule has 0 aliphatic heterocycles. The molecule has 1 aromatic heterocycles. The molecule has 0 aliphatic rings. The third kappa shape index (κ3) is 2.39. The van der Waals surface area contributed by atoms with Gasteiger partial charge in [0.15, 0.2) is 11.6 Å². The average Bonchev–Trinajstić information content (AvgIpc) is 2.33. The highest BCUT2D eigenvalue weighted by molar-refractivity contribution is 5.89. The lowest BCUT2D eigenvalue weighted by molar-refractivity contribution is 0.0692. The van der Waals surface area contributed by atoms with Gasteiger partial charge in [-0.15, -0.1) is 0 Å². The van der Waals surface area contributed by atoms with Crippen LogP contribution in [0.4, 0.5) is 15.9 Å². The van der Waals surface area contributed by atoms with Crippen LogP contribution < -0.4 is 5.32 Å². The first-order valence-electron chi connectivity index (χ1n) is 4.88. The van der Waals surface area contributed by atoms with Gasteiger partial charge in [-0.1, -0.05) is 18.2 Å². The number of carbonyl (C=O) groups is 1. The number of hydrogen-bond acceptors (Lipinski definition) is 3. The Balaban J connectivity index is 2.34. The maximum absolute atomic E-state index is 13.7. The third-order valence-corrected chi connectivity index (χ3v) is 2.16. The maximum Gasteiger partial charge on any atom is 0.338 e. The van der Waals surface area contributed by atoms with E-state index in [1.54, 1.807) is 24.3 Å². The minimum absolute atomic E-state index is 0.101. The molecule has 0 unspecified atom stereocenters. The number of rotatable bonds is 3. The molecule has 0 atom stereocenters. The molecule has 5 heteroatoms. The Kier molecular flexibility index (Phi) is 3.00. The number of aromatic carboxylic acids is 1. The molecular formula is C12H9FN2O2. The van der Waals surface area contributed by atoms with E-state index in [-0.39, 0.29) is 5.82 Å². The highest BCUT2D eigenvalue weighted by Crippen LogP contribution is 2.19. The second-order valence-electron chi connectivity index (χ2n) is 3.32. The van der Waals surface area contributed by atoms with Gasteiger partial charge < -0.3 is 10.4 Å². The summed E-state index contributed by atoms with van der Waals surface area (Å²) in [6, 6.07) is 9.96. The first-order valence-corrected chi connectivity index (χ1v) is 4.88. The zero-order valence-corrected chi connectivity index (χ0v) is 8.72. The Morgan fingerprint density at radius 1 is 1.24 bits per heavy atom. The smallest absolute Gasteiger partial charge is 0.338 e. The van der Waals surface area contributed by atoms with Crippen molar-refractivity contribution in [2.75, 3.05) is 5.32 Å². The molecule has 0 fully saturated rings. The molecule has 4 nitrogen and oxygen atoms in total. The molecule has 0 spiro atoms. The average molecular weight is 232 g/mol. The van der Waals surface area contributed by atoms with E-state index in [1.807, 2.05) is 6.07 Å². The predicted molar refractivity (Wildman–Crippen MR) is 60.9 cm³/mol. The Labute approximate surface area is 96.7 Å². The maximum atomic E-state index is 13.7. The normalized spacial score (nSPS) is 9.94. The van der Waals surface area contributed by atoms with Gasteiger partial charge in [0.05, 0.1) is 0 Å². The second-order valence-corrected chi connectivity index (χ2v) is 3.32. The number of carboxylic acids is 1. The summed E-state index contributed by atoms with van der Waals surface area (Å²) in [5.41, 5.74) is 0.236. The minimum atomic E-state index is -1.32. The third-order valence-electron chi connectivity index (χ3n) is 2.16. The van der Waals surface area contributed by atoms with E-state index in [9.17, 15) is 9.18 Å². The van der Waals surface area contributed by atoms with Crippen molar-refractivity contribution in [1.29, 1.82) is 0 Å². The number of carboxylic acid groups (broad SMARTS) is 1. The molecule has 1 aromatic carbocycles. The van der Waals surface area contributed by atoms with E-state index in [0.717, 1.165) is 6.07 Å². The van der Waals surface area contributed by atoms with Crippen LogP contribution >= 0.6 is 0 Å². The number of halogens is 1. The van der Waals surface area contributed by atoms with Gasteiger partial charge in [0.1, 0.15) is 5.56 Å². The summed E-state index contributed by atoms with van der Waals surface area (Å²) in [6.07, 6.45) is 1.25. The van der Waals surface area contributed by atoms with Crippen molar-refractivity contribution in [3.63, 3.8) is 0 Å². The molecule has 0 amide bonds. The topological polar surface area (TPSA) is 62.2 Å². The summed E-state index contributed by atoms with van der Waals surface area (Å²) < 4.78 is 13.7. The van der Waals surface area contributed by atoms with Crippen LogP contribution in [0.15, 0.2) is 42.6 Å². The number of nitrogens with zero attached hydrogens (tertiary/aromatic N) is 1. The van der Waals surface area contributed by atoms with Gasteiger partial charge in [-0.25, -0.2) is 14.2 Å². The number of pyridine rings is 1. The van der Waals surface area contributed by atoms with Crippen molar-refractivity contribution in [1.82, 2.24) is 4.98 Å². The first kappa shape index (κ1) is 11.1. The highest BCUT2D eigenvalue weighted by atomic mass is 19.1. The summed E-state index contributed by atoms with van der Waals surface area (Å²) in [5.74, 6) is -2.29. The molecule has 2 N–H and O–H groups in total. The Morgan fingerprint density at radius 2 is 1.94 bits per heavy atom. The number of nitrogens with one attached hydrogen (secondary N) is 1. The molecule has 2 rings (SSSR count). The SMILES string of the molecule is O=C(O)c1ccnc(Nc2ccccc2)c1F. The van der Waals surface area contributed by atoms with E-state index >= 15 is 0 Å². The van der Waals surface area contributed by atoms with Crippen LogP contribution in [-0.4, -0.2) is 16.1 Å². The highest BCUT2D eigenvalue weighted by Gasteiger charge is 2.14. The van der Waals surface area contributed by atoms with E-state index in [4.69, 9.17) is 5.11 Å². The molecule has 0 saturated carbocycles. The zero-order valence-electron chi connectivity index (χ0n) is 8.72. The number of para-hydroxylation sites is 1. The van der Waals surface area contributed by atoms with Gasteiger partial charge in [0.25, 0.3) is 0 Å². The summed E-state index contributed by atoms with van der Waals surface area (Å²) >= 11 is 0. The van der Waals surface area contributed by atoms with Gasteiger partial charge in [0.2, 0.25) is 0 Å². The minimum Gasteiger partial charge on any atom is -0.478 e. The monoisotopic (exact) mass is 232 g/mol. The van der Waals surface area contributed by atoms with Crippen molar-refractivity contribution in [3.8, 4) is 0 Å². The van der Waals surface area contributed by atoms with Crippen LogP contribution in [0, 0.1) is 5.82 Å². The standard InChI is InChI=1S/C12H9FN2O2/c13-10-9(12(16)17)6-7-14-11(10)15-8-4-2-1-3-5-8/h1-7H,(H,14,15)(H,16,17). The number of hydrogen-bond donors (Lipinski definition) is 2. The van der Waals surface area contributed by atoms with Gasteiger partial charge in [0, 0.05) is 11.9 Å². The molecule has 0 radical (unpaired) electrons. The van der Waals surface area contributed by atoms with Crippen LogP contribution in [0.1, 0.15) is 10.4 Å². The Hall–Kier alpha value is -2.43. The zero-order chi connectivity index (χ0) is 12.3. The molecule has 2 aromatic rings. The first-order chi connectivity index (χ1) is 8.18. The van der Waals surface area contributed by atoms with Crippen molar-refractivity contribution in [2.24, 2.45) is 0 Å². The molecule has 0 saturated heterocycles. The largest absolute Gasteiger partial charge is 0.478 e. The molecule has 86 valence electrons. The van der Waals surface area contributed by atoms with Crippen LogP contribution in [0.5, 0.6) is 0 Å². The number of benzene rings is 1. The molecular weight excluding hydrogens is 223 g/mol. The van der Waals surface area contributed by atoms with Crippen molar-refractivity contribution in [3.05, 3.63) is 54.0 Å². The van der Waals surface area contributed by atoms with Crippen LogP contribution in [-0.2, 0) is 0 Å². The van der Waals surface area contributed by atoms with Crippen LogP contribution in [0.25, 0.3) is 0 Å². The van der Waals surface area contributed by atoms with Gasteiger partial charge in [-0.05, 0) is 18.2 Å². The fraction of sp³-hybridized carbons (Fsp3) is 0. The molecule has 1 heterocycles. The fourth-order valence-electron chi connectivity index (χ4n) is 1.35. The summed E-state index contributed by atoms with van der Waals surface area (Å²) in [5, 5.41) is 11.5. The van der Waals surface area contributed by atoms with Gasteiger partial charge in [-0.2, -0.15) is 0 Å². The lowest BCUT2D eigenvalue weighted by Gasteiger charge is -2.07. The second kappa shape index (κ2) is 4.61.